The number of benzene rings is 2. The summed E-state index contributed by atoms with van der Waals surface area (Å²) in [6.45, 7) is 3.02. The summed E-state index contributed by atoms with van der Waals surface area (Å²) in [5, 5.41) is 9.80. The number of nitrogens with zero attached hydrogens (tertiary/aromatic N) is 3. The van der Waals surface area contributed by atoms with Gasteiger partial charge in [0.2, 0.25) is 5.91 Å². The molecule has 2 aliphatic heterocycles. The van der Waals surface area contributed by atoms with Crippen molar-refractivity contribution in [1.29, 1.82) is 0 Å². The average Bonchev–Trinajstić information content (AvgIpc) is 3.19. The molecule has 5 rings (SSSR count). The molecule has 1 unspecified atom stereocenters. The summed E-state index contributed by atoms with van der Waals surface area (Å²) in [7, 11) is 1.61. The Morgan fingerprint density at radius 3 is 2.61 bits per heavy atom. The number of aromatic nitrogens is 1. The Morgan fingerprint density at radius 2 is 1.90 bits per heavy atom. The van der Waals surface area contributed by atoms with Crippen LogP contribution in [0.4, 0.5) is 0 Å². The number of amides is 1. The number of fused-ring (bicyclic) bond motifs is 1. The van der Waals surface area contributed by atoms with Gasteiger partial charge in [0.05, 0.1) is 35.4 Å². The van der Waals surface area contributed by atoms with E-state index < -0.39 is 5.92 Å². The number of aliphatic hydroxyl groups is 1. The molecule has 1 amide bonds. The van der Waals surface area contributed by atoms with E-state index in [0.29, 0.717) is 13.1 Å². The summed E-state index contributed by atoms with van der Waals surface area (Å²) < 4.78 is 8.72. The molecule has 0 bridgehead atoms. The zero-order valence-corrected chi connectivity index (χ0v) is 18.8. The van der Waals surface area contributed by atoms with Crippen LogP contribution in [-0.4, -0.2) is 65.1 Å². The minimum absolute atomic E-state index is 0.0135. The Hall–Kier alpha value is -2.39. The van der Waals surface area contributed by atoms with E-state index in [-0.39, 0.29) is 12.5 Å². The summed E-state index contributed by atoms with van der Waals surface area (Å²) in [5.74, 6) is 0.205. The number of aliphatic hydroxyl groups excluding tert-OH is 1. The Labute approximate surface area is 189 Å². The topological polar surface area (TPSA) is 65.9 Å². The second kappa shape index (κ2) is 8.63. The minimum atomic E-state index is -0.521. The molecule has 0 aliphatic carbocycles. The van der Waals surface area contributed by atoms with Crippen molar-refractivity contribution in [3.05, 3.63) is 64.7 Å². The van der Waals surface area contributed by atoms with Crippen LogP contribution >= 0.6 is 23.3 Å². The van der Waals surface area contributed by atoms with Crippen LogP contribution in [0.2, 0.25) is 0 Å². The maximum absolute atomic E-state index is 12.9. The van der Waals surface area contributed by atoms with Gasteiger partial charge < -0.3 is 14.7 Å². The van der Waals surface area contributed by atoms with Crippen molar-refractivity contribution >= 4 is 39.4 Å². The molecule has 2 fully saturated rings. The molecule has 3 heterocycles. The quantitative estimate of drug-likeness (QED) is 0.455. The van der Waals surface area contributed by atoms with Gasteiger partial charge in [-0.15, -0.1) is 11.3 Å². The van der Waals surface area contributed by atoms with Crippen molar-refractivity contribution in [2.75, 3.05) is 39.9 Å². The zero-order chi connectivity index (χ0) is 21.4. The number of likely N-dealkylation sites (tertiary alicyclic amines) is 1. The maximum atomic E-state index is 12.9. The SMILES string of the molecule is COc1ccc(C(CO)C(=O)N2CC(=C3CN(Sc4ccc5ncsc5c4)C3)C2)cc1. The lowest BCUT2D eigenvalue weighted by Crippen LogP contribution is -2.50. The molecule has 3 aromatic rings. The number of hydrogen-bond donors (Lipinski definition) is 1. The fourth-order valence-electron chi connectivity index (χ4n) is 3.89. The Balaban J connectivity index is 1.15. The van der Waals surface area contributed by atoms with E-state index in [9.17, 15) is 9.90 Å². The molecular formula is C23H23N3O3S2. The fourth-order valence-corrected chi connectivity index (χ4v) is 5.71. The van der Waals surface area contributed by atoms with Crippen molar-refractivity contribution in [2.24, 2.45) is 0 Å². The van der Waals surface area contributed by atoms with Crippen molar-refractivity contribution in [3.8, 4) is 5.75 Å². The smallest absolute Gasteiger partial charge is 0.233 e. The van der Waals surface area contributed by atoms with Crippen molar-refractivity contribution in [3.63, 3.8) is 0 Å². The van der Waals surface area contributed by atoms with Crippen LogP contribution < -0.4 is 4.74 Å². The van der Waals surface area contributed by atoms with Gasteiger partial charge >= 0.3 is 0 Å². The number of methoxy groups -OCH3 is 1. The molecule has 0 spiro atoms. The van der Waals surface area contributed by atoms with Crippen LogP contribution in [0.1, 0.15) is 11.5 Å². The Bertz CT molecular complexity index is 1130. The normalized spacial score (nSPS) is 17.4. The number of carbonyl (C=O) groups excluding carboxylic acids is 1. The largest absolute Gasteiger partial charge is 0.497 e. The molecule has 2 aliphatic rings. The van der Waals surface area contributed by atoms with Crippen molar-refractivity contribution < 1.29 is 14.6 Å². The highest BCUT2D eigenvalue weighted by molar-refractivity contribution is 7.97. The fraction of sp³-hybridized carbons (Fsp3) is 0.304. The third kappa shape index (κ3) is 4.08. The van der Waals surface area contributed by atoms with Gasteiger partial charge in [-0.05, 0) is 59.0 Å². The molecule has 0 radical (unpaired) electrons. The lowest BCUT2D eigenvalue weighted by Gasteiger charge is -2.42. The van der Waals surface area contributed by atoms with Gasteiger partial charge in [-0.25, -0.2) is 9.29 Å². The first-order valence-corrected chi connectivity index (χ1v) is 11.8. The van der Waals surface area contributed by atoms with Crippen LogP contribution in [0.15, 0.2) is 64.0 Å². The molecule has 2 aromatic carbocycles. The molecule has 1 aromatic heterocycles. The number of carbonyl (C=O) groups is 1. The van der Waals surface area contributed by atoms with E-state index in [1.54, 1.807) is 30.4 Å². The van der Waals surface area contributed by atoms with Gasteiger partial charge in [0.25, 0.3) is 0 Å². The van der Waals surface area contributed by atoms with Gasteiger partial charge in [-0.2, -0.15) is 0 Å². The average molecular weight is 454 g/mol. The molecule has 1 N–H and O–H groups in total. The monoisotopic (exact) mass is 453 g/mol. The summed E-state index contributed by atoms with van der Waals surface area (Å²) >= 11 is 3.44. The second-order valence-electron chi connectivity index (χ2n) is 7.78. The van der Waals surface area contributed by atoms with E-state index in [1.165, 1.54) is 20.7 Å². The van der Waals surface area contributed by atoms with Crippen molar-refractivity contribution in [2.45, 2.75) is 10.8 Å². The zero-order valence-electron chi connectivity index (χ0n) is 17.2. The van der Waals surface area contributed by atoms with Crippen molar-refractivity contribution in [1.82, 2.24) is 14.2 Å². The summed E-state index contributed by atoms with van der Waals surface area (Å²) in [5.41, 5.74) is 6.54. The van der Waals surface area contributed by atoms with E-state index in [0.717, 1.165) is 29.9 Å². The van der Waals surface area contributed by atoms with Crippen LogP contribution in [0.3, 0.4) is 0 Å². The first kappa shape index (κ1) is 20.5. The van der Waals surface area contributed by atoms with Crippen LogP contribution in [0.25, 0.3) is 10.2 Å². The predicted octanol–water partition coefficient (Wildman–Crippen LogP) is 3.54. The highest BCUT2D eigenvalue weighted by atomic mass is 32.2. The first-order chi connectivity index (χ1) is 15.1. The molecule has 1 atom stereocenters. The summed E-state index contributed by atoms with van der Waals surface area (Å²) in [6, 6.07) is 13.7. The highest BCUT2D eigenvalue weighted by Crippen LogP contribution is 2.36. The number of ether oxygens (including phenoxy) is 1. The molecule has 31 heavy (non-hydrogen) atoms. The van der Waals surface area contributed by atoms with Crippen LogP contribution in [0.5, 0.6) is 5.75 Å². The lowest BCUT2D eigenvalue weighted by atomic mass is 9.92. The van der Waals surface area contributed by atoms with E-state index in [2.05, 4.69) is 27.5 Å². The highest BCUT2D eigenvalue weighted by Gasteiger charge is 2.35. The van der Waals surface area contributed by atoms with Gasteiger partial charge in [-0.3, -0.25) is 4.79 Å². The summed E-state index contributed by atoms with van der Waals surface area (Å²) in [4.78, 5) is 20.3. The van der Waals surface area contributed by atoms with Gasteiger partial charge in [-0.1, -0.05) is 12.1 Å². The Morgan fingerprint density at radius 1 is 1.16 bits per heavy atom. The molecule has 6 nitrogen and oxygen atoms in total. The minimum Gasteiger partial charge on any atom is -0.497 e. The number of rotatable bonds is 6. The molecule has 0 saturated carbocycles. The molecule has 8 heteroatoms. The van der Waals surface area contributed by atoms with Gasteiger partial charge in [0.15, 0.2) is 0 Å². The van der Waals surface area contributed by atoms with Gasteiger partial charge in [0.1, 0.15) is 5.75 Å². The third-order valence-electron chi connectivity index (χ3n) is 5.85. The summed E-state index contributed by atoms with van der Waals surface area (Å²) in [6.07, 6.45) is 0. The third-order valence-corrected chi connectivity index (χ3v) is 7.62. The van der Waals surface area contributed by atoms with E-state index in [1.807, 2.05) is 34.7 Å². The molecule has 2 saturated heterocycles. The van der Waals surface area contributed by atoms with Gasteiger partial charge in [0, 0.05) is 31.1 Å². The predicted molar refractivity (Wildman–Crippen MR) is 123 cm³/mol. The van der Waals surface area contributed by atoms with E-state index in [4.69, 9.17) is 4.74 Å². The maximum Gasteiger partial charge on any atom is 0.233 e. The molecule has 160 valence electrons. The standard InChI is InChI=1S/C23H23N3O3S2/c1-29-18-4-2-15(3-5-18)20(13-27)23(28)25-9-16(10-25)17-11-26(12-17)31-19-6-7-21-22(8-19)30-14-24-21/h2-8,14,20,27H,9-13H2,1H3. The first-order valence-electron chi connectivity index (χ1n) is 10.1. The molecular weight excluding hydrogens is 430 g/mol. The number of thiazole rings is 1. The lowest BCUT2D eigenvalue weighted by molar-refractivity contribution is -0.135. The second-order valence-corrected chi connectivity index (χ2v) is 9.84. The van der Waals surface area contributed by atoms with E-state index >= 15 is 0 Å². The van der Waals surface area contributed by atoms with Crippen LogP contribution in [-0.2, 0) is 4.79 Å². The Kier molecular flexibility index (Phi) is 5.71. The number of hydrogen-bond acceptors (Lipinski definition) is 7. The van der Waals surface area contributed by atoms with Crippen LogP contribution in [0, 0.1) is 0 Å².